The zero-order chi connectivity index (χ0) is 12.3. The predicted octanol–water partition coefficient (Wildman–Crippen LogP) is 1.08. The van der Waals surface area contributed by atoms with E-state index in [1.807, 2.05) is 0 Å². The van der Waals surface area contributed by atoms with Gasteiger partial charge < -0.3 is 10.1 Å². The largest absolute Gasteiger partial charge is 0.493 e. The fourth-order valence-corrected chi connectivity index (χ4v) is 3.75. The molecule has 0 aromatic carbocycles. The third kappa shape index (κ3) is 2.69. The lowest BCUT2D eigenvalue weighted by atomic mass is 10.2. The van der Waals surface area contributed by atoms with Crippen LogP contribution in [0.4, 0.5) is 5.82 Å². The van der Waals surface area contributed by atoms with Crippen LogP contribution in [-0.2, 0) is 9.84 Å². The third-order valence-electron chi connectivity index (χ3n) is 2.95. The molecule has 1 aliphatic rings. The number of rotatable bonds is 4. The second kappa shape index (κ2) is 4.91. The van der Waals surface area contributed by atoms with Gasteiger partial charge in [0.2, 0.25) is 0 Å². The van der Waals surface area contributed by atoms with Crippen LogP contribution in [0.5, 0.6) is 5.75 Å². The van der Waals surface area contributed by atoms with Crippen molar-refractivity contribution in [1.29, 1.82) is 0 Å². The van der Waals surface area contributed by atoms with Crippen molar-refractivity contribution in [3.8, 4) is 5.75 Å². The number of aromatic nitrogens is 1. The third-order valence-corrected chi connectivity index (χ3v) is 5.23. The smallest absolute Gasteiger partial charge is 0.168 e. The highest BCUT2D eigenvalue weighted by Gasteiger charge is 2.31. The van der Waals surface area contributed by atoms with Gasteiger partial charge in [-0.2, -0.15) is 0 Å². The van der Waals surface area contributed by atoms with Crippen LogP contribution in [0.1, 0.15) is 12.8 Å². The van der Waals surface area contributed by atoms with E-state index in [9.17, 15) is 8.42 Å². The van der Waals surface area contributed by atoms with E-state index in [1.54, 1.807) is 25.4 Å². The van der Waals surface area contributed by atoms with E-state index in [1.165, 1.54) is 0 Å². The fraction of sp³-hybridized carbons (Fsp3) is 0.545. The molecule has 17 heavy (non-hydrogen) atoms. The summed E-state index contributed by atoms with van der Waals surface area (Å²) in [5.74, 6) is 1.53. The number of nitrogens with one attached hydrogen (secondary N) is 1. The van der Waals surface area contributed by atoms with Crippen molar-refractivity contribution >= 4 is 15.7 Å². The summed E-state index contributed by atoms with van der Waals surface area (Å²) < 4.78 is 28.4. The average Bonchev–Trinajstić information content (AvgIpc) is 2.66. The maximum atomic E-state index is 11.6. The number of hydrogen-bond donors (Lipinski definition) is 1. The van der Waals surface area contributed by atoms with Crippen LogP contribution < -0.4 is 10.1 Å². The van der Waals surface area contributed by atoms with E-state index in [2.05, 4.69) is 10.3 Å². The minimum atomic E-state index is -2.91. The minimum Gasteiger partial charge on any atom is -0.493 e. The van der Waals surface area contributed by atoms with Crippen LogP contribution >= 0.6 is 0 Å². The Labute approximate surface area is 101 Å². The van der Waals surface area contributed by atoms with E-state index < -0.39 is 9.84 Å². The van der Waals surface area contributed by atoms with E-state index in [0.717, 1.165) is 12.8 Å². The predicted molar refractivity (Wildman–Crippen MR) is 66.1 cm³/mol. The molecular weight excluding hydrogens is 240 g/mol. The number of nitrogens with zero attached hydrogens (tertiary/aromatic N) is 1. The standard InChI is InChI=1S/C11H16N2O3S/c1-16-10-5-2-6-12-11(10)13-8-9-4-3-7-17(9,14)15/h2,5-6,9H,3-4,7-8H2,1H3,(H,12,13). The molecule has 6 heteroatoms. The summed E-state index contributed by atoms with van der Waals surface area (Å²) >= 11 is 0. The van der Waals surface area contributed by atoms with Crippen molar-refractivity contribution in [3.63, 3.8) is 0 Å². The van der Waals surface area contributed by atoms with E-state index in [4.69, 9.17) is 4.74 Å². The SMILES string of the molecule is COc1cccnc1NCC1CCCS1(=O)=O. The van der Waals surface area contributed by atoms with Gasteiger partial charge in [-0.25, -0.2) is 13.4 Å². The second-order valence-corrected chi connectivity index (χ2v) is 6.47. The summed E-state index contributed by atoms with van der Waals surface area (Å²) in [6.07, 6.45) is 3.13. The quantitative estimate of drug-likeness (QED) is 0.873. The minimum absolute atomic E-state index is 0.297. The molecule has 1 aromatic rings. The lowest BCUT2D eigenvalue weighted by Crippen LogP contribution is -2.25. The molecule has 1 unspecified atom stereocenters. The number of sulfone groups is 1. The Bertz CT molecular complexity index is 487. The first kappa shape index (κ1) is 12.2. The first-order valence-corrected chi connectivity index (χ1v) is 7.29. The van der Waals surface area contributed by atoms with E-state index >= 15 is 0 Å². The summed E-state index contributed by atoms with van der Waals surface area (Å²) in [6, 6.07) is 3.56. The zero-order valence-electron chi connectivity index (χ0n) is 9.72. The van der Waals surface area contributed by atoms with Crippen molar-refractivity contribution in [2.75, 3.05) is 24.7 Å². The highest BCUT2D eigenvalue weighted by molar-refractivity contribution is 7.92. The summed E-state index contributed by atoms with van der Waals surface area (Å²) in [5.41, 5.74) is 0. The molecule has 0 spiro atoms. The molecule has 0 radical (unpaired) electrons. The van der Waals surface area contributed by atoms with Crippen LogP contribution in [0.3, 0.4) is 0 Å². The highest BCUT2D eigenvalue weighted by atomic mass is 32.2. The summed E-state index contributed by atoms with van der Waals surface area (Å²) in [5, 5.41) is 2.75. The number of hydrogen-bond acceptors (Lipinski definition) is 5. The zero-order valence-corrected chi connectivity index (χ0v) is 10.5. The molecule has 2 heterocycles. The van der Waals surface area contributed by atoms with Gasteiger partial charge in [0.05, 0.1) is 18.1 Å². The van der Waals surface area contributed by atoms with Gasteiger partial charge in [-0.15, -0.1) is 0 Å². The van der Waals surface area contributed by atoms with Crippen LogP contribution in [0, 0.1) is 0 Å². The summed E-state index contributed by atoms with van der Waals surface area (Å²) in [7, 11) is -1.34. The molecule has 0 amide bonds. The monoisotopic (exact) mass is 256 g/mol. The molecule has 94 valence electrons. The second-order valence-electron chi connectivity index (χ2n) is 4.07. The molecule has 1 N–H and O–H groups in total. The van der Waals surface area contributed by atoms with E-state index in [0.29, 0.717) is 23.9 Å². The van der Waals surface area contributed by atoms with E-state index in [-0.39, 0.29) is 5.25 Å². The normalized spacial score (nSPS) is 22.3. The number of methoxy groups -OCH3 is 1. The molecule has 1 atom stereocenters. The lowest BCUT2D eigenvalue weighted by Gasteiger charge is -2.13. The Morgan fingerprint density at radius 2 is 2.41 bits per heavy atom. The fourth-order valence-electron chi connectivity index (χ4n) is 1.99. The Balaban J connectivity index is 2.03. The Kier molecular flexibility index (Phi) is 3.51. The Morgan fingerprint density at radius 3 is 3.06 bits per heavy atom. The van der Waals surface area contributed by atoms with Gasteiger partial charge in [0.1, 0.15) is 0 Å². The van der Waals surface area contributed by atoms with Gasteiger partial charge in [0.15, 0.2) is 21.4 Å². The van der Waals surface area contributed by atoms with Crippen molar-refractivity contribution in [1.82, 2.24) is 4.98 Å². The van der Waals surface area contributed by atoms with Gasteiger partial charge in [-0.1, -0.05) is 0 Å². The first-order valence-electron chi connectivity index (χ1n) is 5.58. The average molecular weight is 256 g/mol. The van der Waals surface area contributed by atoms with Gasteiger partial charge >= 0.3 is 0 Å². The topological polar surface area (TPSA) is 68.3 Å². The van der Waals surface area contributed by atoms with Crippen LogP contribution in [-0.4, -0.2) is 38.1 Å². The number of pyridine rings is 1. The Hall–Kier alpha value is -1.30. The molecule has 1 saturated heterocycles. The molecule has 1 fully saturated rings. The van der Waals surface area contributed by atoms with Gasteiger partial charge in [0.25, 0.3) is 0 Å². The molecule has 1 aliphatic heterocycles. The molecular formula is C11H16N2O3S. The molecule has 5 nitrogen and oxygen atoms in total. The van der Waals surface area contributed by atoms with Crippen LogP contribution in [0.15, 0.2) is 18.3 Å². The summed E-state index contributed by atoms with van der Waals surface area (Å²) in [4.78, 5) is 4.13. The Morgan fingerprint density at radius 1 is 1.59 bits per heavy atom. The van der Waals surface area contributed by atoms with Gasteiger partial charge in [-0.05, 0) is 25.0 Å². The molecule has 0 bridgehead atoms. The van der Waals surface area contributed by atoms with Crippen molar-refractivity contribution in [2.24, 2.45) is 0 Å². The number of anilines is 1. The maximum Gasteiger partial charge on any atom is 0.168 e. The molecule has 0 saturated carbocycles. The summed E-state index contributed by atoms with van der Waals surface area (Å²) in [6.45, 7) is 0.399. The van der Waals surface area contributed by atoms with Gasteiger partial charge in [-0.3, -0.25) is 0 Å². The molecule has 0 aliphatic carbocycles. The highest BCUT2D eigenvalue weighted by Crippen LogP contribution is 2.23. The maximum absolute atomic E-state index is 11.6. The van der Waals surface area contributed by atoms with Gasteiger partial charge in [0, 0.05) is 12.7 Å². The van der Waals surface area contributed by atoms with Crippen LogP contribution in [0.2, 0.25) is 0 Å². The molecule has 2 rings (SSSR count). The molecule has 1 aromatic heterocycles. The van der Waals surface area contributed by atoms with Crippen molar-refractivity contribution < 1.29 is 13.2 Å². The van der Waals surface area contributed by atoms with Crippen LogP contribution in [0.25, 0.3) is 0 Å². The first-order chi connectivity index (χ1) is 8.13. The lowest BCUT2D eigenvalue weighted by molar-refractivity contribution is 0.415. The van der Waals surface area contributed by atoms with Crippen molar-refractivity contribution in [2.45, 2.75) is 18.1 Å². The van der Waals surface area contributed by atoms with Crippen molar-refractivity contribution in [3.05, 3.63) is 18.3 Å². The number of ether oxygens (including phenoxy) is 1.